The van der Waals surface area contributed by atoms with Crippen LogP contribution in [0.15, 0.2) is 66.9 Å². The Balaban J connectivity index is 1.37. The maximum Gasteiger partial charge on any atom is 0.177 e. The van der Waals surface area contributed by atoms with E-state index in [-0.39, 0.29) is 0 Å². The largest absolute Gasteiger partial charge is 0.457 e. The summed E-state index contributed by atoms with van der Waals surface area (Å²) >= 11 is 0. The minimum atomic E-state index is 0.364. The highest BCUT2D eigenvalue weighted by molar-refractivity contribution is 5.72. The number of aromatic nitrogens is 3. The first kappa shape index (κ1) is 18.4. The number of hydrogen-bond donors (Lipinski definition) is 3. The average Bonchev–Trinajstić information content (AvgIpc) is 3.21. The molecule has 1 aliphatic heterocycles. The van der Waals surface area contributed by atoms with Crippen LogP contribution in [0.5, 0.6) is 11.5 Å². The number of anilines is 2. The zero-order chi connectivity index (χ0) is 20.3. The first-order chi connectivity index (χ1) is 14.7. The van der Waals surface area contributed by atoms with Gasteiger partial charge in [-0.2, -0.15) is 0 Å². The van der Waals surface area contributed by atoms with E-state index in [9.17, 15) is 0 Å². The van der Waals surface area contributed by atoms with Gasteiger partial charge in [0.15, 0.2) is 5.65 Å². The lowest BCUT2D eigenvalue weighted by atomic mass is 10.1. The molecule has 0 amide bonds. The Bertz CT molecular complexity index is 1130. The van der Waals surface area contributed by atoms with Gasteiger partial charge in [0, 0.05) is 24.2 Å². The van der Waals surface area contributed by atoms with Crippen LogP contribution in [0.1, 0.15) is 12.8 Å². The molecule has 152 valence electrons. The van der Waals surface area contributed by atoms with Gasteiger partial charge < -0.3 is 21.1 Å². The van der Waals surface area contributed by atoms with Crippen LogP contribution in [0, 0.1) is 0 Å². The Morgan fingerprint density at radius 3 is 2.63 bits per heavy atom. The first-order valence-electron chi connectivity index (χ1n) is 10.2. The minimum Gasteiger partial charge on any atom is -0.457 e. The maximum atomic E-state index is 6.26. The molecule has 2 aromatic heterocycles. The molecule has 0 bridgehead atoms. The summed E-state index contributed by atoms with van der Waals surface area (Å²) < 4.78 is 7.61. The number of piperidine rings is 1. The molecule has 4 aromatic rings. The highest BCUT2D eigenvalue weighted by Crippen LogP contribution is 2.27. The number of nitrogens with two attached hydrogens (primary N) is 1. The summed E-state index contributed by atoms with van der Waals surface area (Å²) in [6.45, 7) is 2.01. The second kappa shape index (κ2) is 8.04. The molecule has 7 nitrogen and oxygen atoms in total. The van der Waals surface area contributed by atoms with Crippen LogP contribution in [-0.2, 0) is 0 Å². The van der Waals surface area contributed by atoms with E-state index in [2.05, 4.69) is 20.7 Å². The van der Waals surface area contributed by atoms with Crippen LogP contribution >= 0.6 is 0 Å². The molecule has 1 fully saturated rings. The quantitative estimate of drug-likeness (QED) is 0.470. The fourth-order valence-corrected chi connectivity index (χ4v) is 3.71. The summed E-state index contributed by atoms with van der Waals surface area (Å²) in [5.74, 6) is 2.35. The molecule has 0 aliphatic carbocycles. The predicted octanol–water partition coefficient (Wildman–Crippen LogP) is 3.93. The Kier molecular flexibility index (Phi) is 4.94. The Labute approximate surface area is 174 Å². The molecule has 7 heteroatoms. The summed E-state index contributed by atoms with van der Waals surface area (Å²) in [6, 6.07) is 19.8. The van der Waals surface area contributed by atoms with E-state index in [0.717, 1.165) is 54.5 Å². The minimum absolute atomic E-state index is 0.364. The van der Waals surface area contributed by atoms with E-state index in [1.807, 2.05) is 66.9 Å². The van der Waals surface area contributed by atoms with Crippen LogP contribution in [0.4, 0.5) is 11.5 Å². The highest BCUT2D eigenvalue weighted by Gasteiger charge is 2.15. The van der Waals surface area contributed by atoms with E-state index in [1.54, 1.807) is 4.52 Å². The second-order valence-corrected chi connectivity index (χ2v) is 7.51. The zero-order valence-electron chi connectivity index (χ0n) is 16.6. The van der Waals surface area contributed by atoms with E-state index in [4.69, 9.17) is 10.5 Å². The molecule has 1 saturated heterocycles. The van der Waals surface area contributed by atoms with E-state index >= 15 is 0 Å². The number of imidazole rings is 1. The average molecular weight is 400 g/mol. The van der Waals surface area contributed by atoms with Crippen molar-refractivity contribution in [3.63, 3.8) is 0 Å². The first-order valence-corrected chi connectivity index (χ1v) is 10.2. The van der Waals surface area contributed by atoms with Gasteiger partial charge in [-0.05, 0) is 55.8 Å². The fraction of sp³-hybridized carbons (Fsp3) is 0.217. The molecule has 30 heavy (non-hydrogen) atoms. The van der Waals surface area contributed by atoms with E-state index < -0.39 is 0 Å². The zero-order valence-corrected chi connectivity index (χ0v) is 16.6. The molecule has 1 aliphatic rings. The summed E-state index contributed by atoms with van der Waals surface area (Å²) in [5, 5.41) is 11.5. The van der Waals surface area contributed by atoms with Gasteiger partial charge in [0.1, 0.15) is 17.3 Å². The number of nitrogen functional groups attached to an aromatic ring is 1. The Morgan fingerprint density at radius 2 is 1.87 bits per heavy atom. The van der Waals surface area contributed by atoms with Gasteiger partial charge >= 0.3 is 0 Å². The molecule has 4 N–H and O–H groups in total. The van der Waals surface area contributed by atoms with Crippen molar-refractivity contribution < 1.29 is 4.74 Å². The lowest BCUT2D eigenvalue weighted by Gasteiger charge is -2.24. The van der Waals surface area contributed by atoms with Crippen molar-refractivity contribution in [1.29, 1.82) is 0 Å². The number of rotatable bonds is 5. The summed E-state index contributed by atoms with van der Waals surface area (Å²) in [6.07, 6.45) is 4.19. The van der Waals surface area contributed by atoms with Gasteiger partial charge in [-0.1, -0.05) is 18.2 Å². The predicted molar refractivity (Wildman–Crippen MR) is 119 cm³/mol. The summed E-state index contributed by atoms with van der Waals surface area (Å²) in [7, 11) is 0. The molecular formula is C23H24N6O. The van der Waals surface area contributed by atoms with Crippen molar-refractivity contribution in [2.45, 2.75) is 18.9 Å². The number of benzene rings is 2. The van der Waals surface area contributed by atoms with Gasteiger partial charge in [-0.15, -0.1) is 5.10 Å². The smallest absolute Gasteiger partial charge is 0.177 e. The monoisotopic (exact) mass is 400 g/mol. The number of nitrogens with one attached hydrogen (secondary N) is 2. The van der Waals surface area contributed by atoms with Crippen LogP contribution < -0.4 is 21.1 Å². The van der Waals surface area contributed by atoms with Crippen LogP contribution in [0.2, 0.25) is 0 Å². The van der Waals surface area contributed by atoms with Gasteiger partial charge in [0.05, 0.1) is 17.6 Å². The molecule has 1 atom stereocenters. The Hall–Kier alpha value is -3.58. The molecule has 0 saturated carbocycles. The number of ether oxygens (including phenoxy) is 1. The molecule has 0 spiro atoms. The van der Waals surface area contributed by atoms with Crippen molar-refractivity contribution in [2.24, 2.45) is 0 Å². The molecule has 3 heterocycles. The Morgan fingerprint density at radius 1 is 1.07 bits per heavy atom. The van der Waals surface area contributed by atoms with Crippen LogP contribution in [-0.4, -0.2) is 33.7 Å². The highest BCUT2D eigenvalue weighted by atomic mass is 16.5. The summed E-state index contributed by atoms with van der Waals surface area (Å²) in [5.41, 5.74) is 9.32. The maximum absolute atomic E-state index is 6.26. The van der Waals surface area contributed by atoms with Crippen LogP contribution in [0.25, 0.3) is 16.9 Å². The third kappa shape index (κ3) is 3.92. The third-order valence-electron chi connectivity index (χ3n) is 5.23. The number of hydrogen-bond acceptors (Lipinski definition) is 6. The molecule has 0 unspecified atom stereocenters. The van der Waals surface area contributed by atoms with Crippen molar-refractivity contribution in [2.75, 3.05) is 24.1 Å². The lowest BCUT2D eigenvalue weighted by molar-refractivity contribution is 0.478. The van der Waals surface area contributed by atoms with Crippen molar-refractivity contribution in [3.8, 4) is 22.8 Å². The van der Waals surface area contributed by atoms with Gasteiger partial charge in [-0.3, -0.25) is 0 Å². The normalized spacial score (nSPS) is 16.5. The standard InChI is InChI=1S/C23H24N6O/c24-20-13-22(26-17-5-4-12-25-14-17)28-29-15-21(27-23(20)29)16-8-10-19(11-9-16)30-18-6-2-1-3-7-18/h1-3,6-11,13,15,17,25H,4-5,12,14,24H2,(H,26,28)/t17-/m0/s1. The second-order valence-electron chi connectivity index (χ2n) is 7.51. The number of para-hydroxylation sites is 1. The van der Waals surface area contributed by atoms with Crippen LogP contribution in [0.3, 0.4) is 0 Å². The van der Waals surface area contributed by atoms with E-state index in [1.165, 1.54) is 0 Å². The lowest BCUT2D eigenvalue weighted by Crippen LogP contribution is -2.38. The third-order valence-corrected chi connectivity index (χ3v) is 5.23. The van der Waals surface area contributed by atoms with E-state index in [0.29, 0.717) is 17.4 Å². The fourth-order valence-electron chi connectivity index (χ4n) is 3.71. The molecule has 5 rings (SSSR count). The summed E-state index contributed by atoms with van der Waals surface area (Å²) in [4.78, 5) is 4.68. The van der Waals surface area contributed by atoms with Crippen molar-refractivity contribution in [1.82, 2.24) is 19.9 Å². The van der Waals surface area contributed by atoms with Gasteiger partial charge in [0.2, 0.25) is 0 Å². The van der Waals surface area contributed by atoms with Gasteiger partial charge in [-0.25, -0.2) is 9.50 Å². The molecule has 0 radical (unpaired) electrons. The number of fused-ring (bicyclic) bond motifs is 1. The molecular weight excluding hydrogens is 376 g/mol. The molecule has 2 aromatic carbocycles. The SMILES string of the molecule is Nc1cc(N[C@H]2CCCNC2)nn2cc(-c3ccc(Oc4ccccc4)cc3)nc12. The number of nitrogens with zero attached hydrogens (tertiary/aromatic N) is 3. The van der Waals surface area contributed by atoms with Crippen molar-refractivity contribution in [3.05, 3.63) is 66.9 Å². The topological polar surface area (TPSA) is 89.5 Å². The van der Waals surface area contributed by atoms with Crippen molar-refractivity contribution >= 4 is 17.2 Å². The van der Waals surface area contributed by atoms with Gasteiger partial charge in [0.25, 0.3) is 0 Å².